The predicted molar refractivity (Wildman–Crippen MR) is 88.2 cm³/mol. The van der Waals surface area contributed by atoms with E-state index in [-0.39, 0.29) is 17.1 Å². The molecule has 0 unspecified atom stereocenters. The third-order valence-corrected chi connectivity index (χ3v) is 4.77. The molecule has 2 heteroatoms. The molecule has 0 aliphatic heterocycles. The molecule has 3 aliphatic carbocycles. The molecule has 1 N–H and O–H groups in total. The second kappa shape index (κ2) is 9.70. The summed E-state index contributed by atoms with van der Waals surface area (Å²) in [6.07, 6.45) is 21.5. The Kier molecular flexibility index (Phi) is 9.05. The zero-order valence-electron chi connectivity index (χ0n) is 13.9. The van der Waals surface area contributed by atoms with Crippen LogP contribution in [-0.2, 0) is 17.1 Å². The molecule has 120 valence electrons. The van der Waals surface area contributed by atoms with Crippen molar-refractivity contribution in [3.8, 4) is 0 Å². The van der Waals surface area contributed by atoms with Crippen LogP contribution < -0.4 is 0 Å². The average Bonchev–Trinajstić information content (AvgIpc) is 3.15. The summed E-state index contributed by atoms with van der Waals surface area (Å²) >= 11 is 0. The fraction of sp³-hybridized carbons (Fsp3) is 0.500. The minimum Gasteiger partial charge on any atom is -0.389 e. The molecule has 0 amide bonds. The zero-order valence-corrected chi connectivity index (χ0v) is 15.0. The normalized spacial score (nSPS) is 35.9. The van der Waals surface area contributed by atoms with Crippen LogP contribution in [0.4, 0.5) is 0 Å². The Balaban J connectivity index is 0.000000344. The molecule has 10 radical (unpaired) electrons. The molecule has 22 heavy (non-hydrogen) atoms. The molecule has 0 spiro atoms. The molecular weight excluding hydrogens is 312 g/mol. The van der Waals surface area contributed by atoms with Crippen LogP contribution >= 0.6 is 0 Å². The van der Waals surface area contributed by atoms with Gasteiger partial charge in [-0.15, -0.1) is 0 Å². The van der Waals surface area contributed by atoms with Crippen molar-refractivity contribution < 1.29 is 22.2 Å². The standard InChI is InChI=1S/C15H23O.C5H5.Fe/c1-11(2)14-9-8-12(3)10-15(14,16)13-6-4-5-7-13;1-2-4-5-3-1;/h4-7,11-12,14,16H,8-10H2,1-3H3;1-5H;/q;;+2/t12-,14+,15-;;/m1../s1. The van der Waals surface area contributed by atoms with Crippen LogP contribution in [0.3, 0.4) is 0 Å². The van der Waals surface area contributed by atoms with E-state index in [9.17, 15) is 5.11 Å². The van der Waals surface area contributed by atoms with E-state index < -0.39 is 5.60 Å². The second-order valence-corrected chi connectivity index (χ2v) is 6.80. The third-order valence-electron chi connectivity index (χ3n) is 4.77. The fourth-order valence-electron chi connectivity index (χ4n) is 3.69. The average molecular weight is 340 g/mol. The van der Waals surface area contributed by atoms with Crippen LogP contribution in [0, 0.1) is 81.5 Å². The molecule has 0 saturated heterocycles. The van der Waals surface area contributed by atoms with Crippen LogP contribution in [0.15, 0.2) is 0 Å². The van der Waals surface area contributed by atoms with Gasteiger partial charge in [-0.1, -0.05) is 27.2 Å². The first kappa shape index (κ1) is 20.5. The van der Waals surface area contributed by atoms with Gasteiger partial charge < -0.3 is 5.11 Å². The van der Waals surface area contributed by atoms with E-state index in [0.29, 0.717) is 17.8 Å². The van der Waals surface area contributed by atoms with Crippen LogP contribution in [0.5, 0.6) is 0 Å². The molecule has 3 saturated carbocycles. The largest absolute Gasteiger partial charge is 2.00 e. The molecule has 0 aromatic carbocycles. The van der Waals surface area contributed by atoms with E-state index in [1.54, 1.807) is 0 Å². The van der Waals surface area contributed by atoms with Gasteiger partial charge in [-0.2, -0.15) is 0 Å². The van der Waals surface area contributed by atoms with Crippen molar-refractivity contribution in [1.29, 1.82) is 0 Å². The van der Waals surface area contributed by atoms with Gasteiger partial charge in [-0.3, -0.25) is 0 Å². The molecule has 1 nitrogen and oxygen atoms in total. The van der Waals surface area contributed by atoms with E-state index in [1.807, 2.05) is 44.9 Å². The Morgan fingerprint density at radius 2 is 1.45 bits per heavy atom. The van der Waals surface area contributed by atoms with Crippen LogP contribution in [0.2, 0.25) is 0 Å². The third kappa shape index (κ3) is 5.25. The molecule has 0 aromatic heterocycles. The molecule has 0 heterocycles. The Morgan fingerprint density at radius 1 is 0.955 bits per heavy atom. The van der Waals surface area contributed by atoms with E-state index in [0.717, 1.165) is 18.8 Å². The van der Waals surface area contributed by atoms with Crippen LogP contribution in [0.25, 0.3) is 0 Å². The van der Waals surface area contributed by atoms with Crippen molar-refractivity contribution in [1.82, 2.24) is 0 Å². The minimum atomic E-state index is -0.588. The maximum atomic E-state index is 11.0. The van der Waals surface area contributed by atoms with Crippen molar-refractivity contribution in [2.75, 3.05) is 0 Å². The van der Waals surface area contributed by atoms with Gasteiger partial charge in [0.1, 0.15) is 0 Å². The summed E-state index contributed by atoms with van der Waals surface area (Å²) in [7, 11) is 0. The van der Waals surface area contributed by atoms with Gasteiger partial charge >= 0.3 is 17.1 Å². The van der Waals surface area contributed by atoms with Crippen molar-refractivity contribution in [3.63, 3.8) is 0 Å². The van der Waals surface area contributed by atoms with E-state index >= 15 is 0 Å². The van der Waals surface area contributed by atoms with Gasteiger partial charge in [0.2, 0.25) is 0 Å². The molecule has 3 aliphatic rings. The maximum absolute atomic E-state index is 11.0. The summed E-state index contributed by atoms with van der Waals surface area (Å²) in [5.41, 5.74) is -0.588. The summed E-state index contributed by atoms with van der Waals surface area (Å²) in [6.45, 7) is 6.72. The summed E-state index contributed by atoms with van der Waals surface area (Å²) in [5.74, 6) is 2.71. The molecule has 0 bridgehead atoms. The molecule has 0 aromatic rings. The van der Waals surface area contributed by atoms with Gasteiger partial charge in [0.05, 0.1) is 5.60 Å². The number of aliphatic hydroxyl groups is 1. The summed E-state index contributed by atoms with van der Waals surface area (Å²) < 4.78 is 0. The number of hydrogen-bond donors (Lipinski definition) is 1. The van der Waals surface area contributed by atoms with Crippen LogP contribution in [0.1, 0.15) is 40.0 Å². The van der Waals surface area contributed by atoms with Gasteiger partial charge in [0, 0.05) is 5.92 Å². The van der Waals surface area contributed by atoms with E-state index in [2.05, 4.69) is 33.6 Å². The van der Waals surface area contributed by atoms with Gasteiger partial charge in [-0.05, 0) is 88.4 Å². The molecular formula is C20H28FeO+2. The van der Waals surface area contributed by atoms with Gasteiger partial charge in [0.15, 0.2) is 0 Å². The van der Waals surface area contributed by atoms with Crippen LogP contribution in [-0.4, -0.2) is 10.7 Å². The summed E-state index contributed by atoms with van der Waals surface area (Å²) in [5, 5.41) is 11.0. The van der Waals surface area contributed by atoms with E-state index in [4.69, 9.17) is 0 Å². The van der Waals surface area contributed by atoms with Crippen molar-refractivity contribution >= 4 is 0 Å². The molecule has 3 fully saturated rings. The quantitative estimate of drug-likeness (QED) is 0.746. The van der Waals surface area contributed by atoms with Crippen molar-refractivity contribution in [3.05, 3.63) is 63.7 Å². The number of hydrogen-bond acceptors (Lipinski definition) is 1. The Morgan fingerprint density at radius 3 is 1.91 bits per heavy atom. The van der Waals surface area contributed by atoms with E-state index in [1.165, 1.54) is 6.42 Å². The Hall–Kier alpha value is 0.479. The summed E-state index contributed by atoms with van der Waals surface area (Å²) in [4.78, 5) is 0. The maximum Gasteiger partial charge on any atom is 2.00 e. The smallest absolute Gasteiger partial charge is 0.389 e. The number of rotatable bonds is 2. The first-order valence-electron chi connectivity index (χ1n) is 8.15. The van der Waals surface area contributed by atoms with Gasteiger partial charge in [-0.25, -0.2) is 0 Å². The fourth-order valence-corrected chi connectivity index (χ4v) is 3.69. The van der Waals surface area contributed by atoms with Gasteiger partial charge in [0.25, 0.3) is 0 Å². The monoisotopic (exact) mass is 340 g/mol. The SMILES string of the molecule is CC(C)[C@@H]1CC[C@@H](C)C[C@@]1(O)[C]1[CH][CH][CH][CH]1.[CH]1[CH][CH][CH][CH]1.[Fe+2]. The summed E-state index contributed by atoms with van der Waals surface area (Å²) in [6, 6.07) is 0. The molecule has 3 rings (SSSR count). The predicted octanol–water partition coefficient (Wildman–Crippen LogP) is 4.23. The first-order chi connectivity index (χ1) is 10.0. The molecule has 3 atom stereocenters. The minimum absolute atomic E-state index is 0. The van der Waals surface area contributed by atoms with Crippen molar-refractivity contribution in [2.24, 2.45) is 17.8 Å². The Labute approximate surface area is 149 Å². The Bertz CT molecular complexity index is 286. The zero-order chi connectivity index (χ0) is 15.3. The topological polar surface area (TPSA) is 20.2 Å². The second-order valence-electron chi connectivity index (χ2n) is 6.80. The van der Waals surface area contributed by atoms with Crippen molar-refractivity contribution in [2.45, 2.75) is 45.6 Å². The first-order valence-corrected chi connectivity index (χ1v) is 8.15.